The van der Waals surface area contributed by atoms with Gasteiger partial charge in [0.25, 0.3) is 0 Å². The number of amides is 1. The van der Waals surface area contributed by atoms with Gasteiger partial charge < -0.3 is 14.6 Å². The average molecular weight is 355 g/mol. The zero-order valence-electron chi connectivity index (χ0n) is 14.6. The van der Waals surface area contributed by atoms with Crippen LogP contribution in [0.2, 0.25) is 0 Å². The van der Waals surface area contributed by atoms with Gasteiger partial charge in [-0.1, -0.05) is 6.07 Å². The highest BCUT2D eigenvalue weighted by Gasteiger charge is 2.51. The maximum absolute atomic E-state index is 14.2. The highest BCUT2D eigenvalue weighted by atomic mass is 19.1. The normalized spacial score (nSPS) is 29.4. The van der Waals surface area contributed by atoms with E-state index in [0.29, 0.717) is 0 Å². The van der Waals surface area contributed by atoms with Crippen molar-refractivity contribution >= 4 is 6.09 Å². The molecule has 2 fully saturated rings. The maximum Gasteiger partial charge on any atom is 0.410 e. The summed E-state index contributed by atoms with van der Waals surface area (Å²) in [4.78, 5) is 14.1. The van der Waals surface area contributed by atoms with Crippen LogP contribution in [0.15, 0.2) is 18.2 Å². The van der Waals surface area contributed by atoms with E-state index in [2.05, 4.69) is 0 Å². The number of benzene rings is 1. The van der Waals surface area contributed by atoms with Crippen molar-refractivity contribution in [3.63, 3.8) is 0 Å². The van der Waals surface area contributed by atoms with Crippen LogP contribution in [0.5, 0.6) is 0 Å². The molecular formula is C18H23F2NO4. The molecule has 2 bridgehead atoms. The number of fused-ring (bicyclic) bond motifs is 2. The van der Waals surface area contributed by atoms with Crippen molar-refractivity contribution < 1.29 is 28.2 Å². The van der Waals surface area contributed by atoms with Crippen molar-refractivity contribution in [1.82, 2.24) is 4.90 Å². The molecule has 3 rings (SSSR count). The molecule has 138 valence electrons. The van der Waals surface area contributed by atoms with Crippen molar-refractivity contribution in [2.45, 2.75) is 56.9 Å². The molecule has 0 aromatic heterocycles. The molecule has 1 aromatic rings. The predicted octanol–water partition coefficient (Wildman–Crippen LogP) is 2.95. The van der Waals surface area contributed by atoms with E-state index in [-0.39, 0.29) is 31.6 Å². The standard InChI is InChI=1S/C18H23F2NO4/c1-17(2,3)25-16(22)21-11-7-18(23,8-12(21)10-24-9-11)15-13(19)5-4-6-14(15)20/h4-6,11-12,23H,7-10H2,1-3H3. The van der Waals surface area contributed by atoms with Crippen molar-refractivity contribution in [3.8, 4) is 0 Å². The van der Waals surface area contributed by atoms with Crippen LogP contribution in [0.4, 0.5) is 13.6 Å². The molecule has 0 saturated carbocycles. The van der Waals surface area contributed by atoms with Gasteiger partial charge in [0, 0.05) is 12.8 Å². The van der Waals surface area contributed by atoms with E-state index in [4.69, 9.17) is 9.47 Å². The molecule has 2 saturated heterocycles. The van der Waals surface area contributed by atoms with E-state index in [9.17, 15) is 18.7 Å². The first-order valence-electron chi connectivity index (χ1n) is 8.37. The summed E-state index contributed by atoms with van der Waals surface area (Å²) in [6.45, 7) is 5.69. The van der Waals surface area contributed by atoms with Gasteiger partial charge in [0.15, 0.2) is 0 Å². The largest absolute Gasteiger partial charge is 0.444 e. The molecule has 1 N–H and O–H groups in total. The first-order chi connectivity index (χ1) is 11.6. The number of morpholine rings is 1. The summed E-state index contributed by atoms with van der Waals surface area (Å²) in [7, 11) is 0. The molecule has 2 heterocycles. The smallest absolute Gasteiger partial charge is 0.410 e. The number of ether oxygens (including phenoxy) is 2. The van der Waals surface area contributed by atoms with E-state index < -0.39 is 41.0 Å². The van der Waals surface area contributed by atoms with Gasteiger partial charge in [-0.2, -0.15) is 0 Å². The Bertz CT molecular complexity index is 639. The third kappa shape index (κ3) is 3.48. The van der Waals surface area contributed by atoms with E-state index in [0.717, 1.165) is 12.1 Å². The highest BCUT2D eigenvalue weighted by molar-refractivity contribution is 5.69. The molecule has 2 aliphatic heterocycles. The lowest BCUT2D eigenvalue weighted by molar-refractivity contribution is -0.143. The van der Waals surface area contributed by atoms with Gasteiger partial charge >= 0.3 is 6.09 Å². The van der Waals surface area contributed by atoms with E-state index in [1.807, 2.05) is 0 Å². The predicted molar refractivity (Wildman–Crippen MR) is 86.0 cm³/mol. The fourth-order valence-electron chi connectivity index (χ4n) is 3.74. The summed E-state index contributed by atoms with van der Waals surface area (Å²) in [6.07, 6.45) is -0.525. The molecule has 1 aromatic carbocycles. The molecular weight excluding hydrogens is 332 g/mol. The number of halogens is 2. The second-order valence-electron chi connectivity index (χ2n) is 7.77. The Morgan fingerprint density at radius 2 is 1.76 bits per heavy atom. The first-order valence-corrected chi connectivity index (χ1v) is 8.37. The van der Waals surface area contributed by atoms with E-state index in [1.165, 1.54) is 6.07 Å². The number of rotatable bonds is 1. The van der Waals surface area contributed by atoms with Gasteiger partial charge in [0.05, 0.1) is 36.5 Å². The van der Waals surface area contributed by atoms with Crippen LogP contribution in [0, 0.1) is 11.6 Å². The monoisotopic (exact) mass is 355 g/mol. The molecule has 0 spiro atoms. The molecule has 5 nitrogen and oxygen atoms in total. The summed E-state index contributed by atoms with van der Waals surface area (Å²) >= 11 is 0. The Morgan fingerprint density at radius 1 is 1.24 bits per heavy atom. The minimum absolute atomic E-state index is 0.0133. The van der Waals surface area contributed by atoms with Crippen LogP contribution >= 0.6 is 0 Å². The van der Waals surface area contributed by atoms with E-state index >= 15 is 0 Å². The van der Waals surface area contributed by atoms with Gasteiger partial charge in [-0.3, -0.25) is 4.90 Å². The van der Waals surface area contributed by atoms with Gasteiger partial charge in [-0.15, -0.1) is 0 Å². The zero-order chi connectivity index (χ0) is 18.4. The van der Waals surface area contributed by atoms with Crippen molar-refractivity contribution in [1.29, 1.82) is 0 Å². The summed E-state index contributed by atoms with van der Waals surface area (Å²) in [6, 6.07) is 2.50. The average Bonchev–Trinajstić information content (AvgIpc) is 2.43. The summed E-state index contributed by atoms with van der Waals surface area (Å²) in [5, 5.41) is 11.0. The van der Waals surface area contributed by atoms with Gasteiger partial charge in [-0.05, 0) is 32.9 Å². The second kappa shape index (κ2) is 6.21. The van der Waals surface area contributed by atoms with Crippen LogP contribution in [0.3, 0.4) is 0 Å². The first kappa shape index (κ1) is 18.1. The molecule has 1 amide bonds. The summed E-state index contributed by atoms with van der Waals surface area (Å²) in [5.74, 6) is -1.57. The Kier molecular flexibility index (Phi) is 4.49. The molecule has 0 radical (unpaired) electrons. The molecule has 2 aliphatic rings. The topological polar surface area (TPSA) is 59.0 Å². The van der Waals surface area contributed by atoms with Crippen molar-refractivity contribution in [2.24, 2.45) is 0 Å². The van der Waals surface area contributed by atoms with Gasteiger partial charge in [0.1, 0.15) is 17.2 Å². The lowest BCUT2D eigenvalue weighted by atomic mass is 9.76. The number of aliphatic hydroxyl groups is 1. The zero-order valence-corrected chi connectivity index (χ0v) is 14.6. The number of hydrogen-bond donors (Lipinski definition) is 1. The molecule has 2 atom stereocenters. The molecule has 2 unspecified atom stereocenters. The number of hydrogen-bond acceptors (Lipinski definition) is 4. The quantitative estimate of drug-likeness (QED) is 0.841. The maximum atomic E-state index is 14.2. The second-order valence-corrected chi connectivity index (χ2v) is 7.77. The summed E-state index contributed by atoms with van der Waals surface area (Å²) < 4.78 is 39.3. The SMILES string of the molecule is CC(C)(C)OC(=O)N1C2COCC1CC(O)(c1c(F)cccc1F)C2. The Balaban J connectivity index is 1.90. The van der Waals surface area contributed by atoms with E-state index in [1.54, 1.807) is 25.7 Å². The number of carbonyl (C=O) groups excluding carboxylic acids is 1. The van der Waals surface area contributed by atoms with Crippen LogP contribution in [0.1, 0.15) is 39.2 Å². The Labute approximate surface area is 145 Å². The number of carbonyl (C=O) groups is 1. The lowest BCUT2D eigenvalue weighted by Crippen LogP contribution is -2.63. The van der Waals surface area contributed by atoms with Gasteiger partial charge in [0.2, 0.25) is 0 Å². The van der Waals surface area contributed by atoms with Crippen LogP contribution < -0.4 is 0 Å². The highest BCUT2D eigenvalue weighted by Crippen LogP contribution is 2.43. The minimum atomic E-state index is -1.69. The molecule has 7 heteroatoms. The Morgan fingerprint density at radius 3 is 2.24 bits per heavy atom. The minimum Gasteiger partial charge on any atom is -0.444 e. The lowest BCUT2D eigenvalue weighted by Gasteiger charge is -2.51. The Hall–Kier alpha value is -1.73. The van der Waals surface area contributed by atoms with Crippen molar-refractivity contribution in [2.75, 3.05) is 13.2 Å². The van der Waals surface area contributed by atoms with Crippen LogP contribution in [0.25, 0.3) is 0 Å². The van der Waals surface area contributed by atoms with Crippen molar-refractivity contribution in [3.05, 3.63) is 35.4 Å². The van der Waals surface area contributed by atoms with Gasteiger partial charge in [-0.25, -0.2) is 13.6 Å². The molecule has 25 heavy (non-hydrogen) atoms. The van der Waals surface area contributed by atoms with Crippen LogP contribution in [-0.2, 0) is 15.1 Å². The third-order valence-electron chi connectivity index (χ3n) is 4.59. The summed E-state index contributed by atoms with van der Waals surface area (Å²) in [5.41, 5.74) is -2.68. The number of piperidine rings is 1. The third-order valence-corrected chi connectivity index (χ3v) is 4.59. The number of nitrogens with zero attached hydrogens (tertiary/aromatic N) is 1. The van der Waals surface area contributed by atoms with Crippen LogP contribution in [-0.4, -0.2) is 47.0 Å². The fraction of sp³-hybridized carbons (Fsp3) is 0.611. The molecule has 0 aliphatic carbocycles. The fourth-order valence-corrected chi connectivity index (χ4v) is 3.74.